The minimum Gasteiger partial charge on any atom is -0.320 e. The maximum atomic E-state index is 6.13. The lowest BCUT2D eigenvalue weighted by atomic mass is 10.1. The first-order chi connectivity index (χ1) is 7.16. The smallest absolute Gasteiger partial charge is 0.0897 e. The Kier molecular flexibility index (Phi) is 2.79. The van der Waals surface area contributed by atoms with E-state index in [0.29, 0.717) is 0 Å². The molecule has 0 spiro atoms. The Morgan fingerprint density at radius 2 is 2.07 bits per heavy atom. The number of hydrogen-bond donors (Lipinski definition) is 1. The molecule has 0 aliphatic carbocycles. The molecule has 2 N–H and O–H groups in total. The Labute approximate surface area is 93.0 Å². The predicted molar refractivity (Wildman–Crippen MR) is 61.9 cm³/mol. The summed E-state index contributed by atoms with van der Waals surface area (Å²) in [6.07, 6.45) is 5.48. The highest BCUT2D eigenvalue weighted by Gasteiger charge is 2.11. The number of aromatic nitrogens is 2. The summed E-state index contributed by atoms with van der Waals surface area (Å²) in [5.74, 6) is 0. The molecule has 2 heterocycles. The van der Waals surface area contributed by atoms with Gasteiger partial charge in [-0.25, -0.2) is 4.98 Å². The Bertz CT molecular complexity index is 464. The zero-order valence-electron chi connectivity index (χ0n) is 8.77. The van der Waals surface area contributed by atoms with Gasteiger partial charge in [0.15, 0.2) is 0 Å². The van der Waals surface area contributed by atoms with Crippen LogP contribution in [0.2, 0.25) is 0 Å². The van der Waals surface area contributed by atoms with Crippen LogP contribution in [0.1, 0.15) is 27.1 Å². The average Bonchev–Trinajstić information content (AvgIpc) is 2.64. The van der Waals surface area contributed by atoms with Crippen LogP contribution in [-0.4, -0.2) is 9.97 Å². The van der Waals surface area contributed by atoms with Crippen LogP contribution in [0.25, 0.3) is 0 Å². The molecule has 0 saturated heterocycles. The van der Waals surface area contributed by atoms with Gasteiger partial charge in [-0.15, -0.1) is 11.3 Å². The summed E-state index contributed by atoms with van der Waals surface area (Å²) >= 11 is 1.63. The molecule has 3 nitrogen and oxygen atoms in total. The van der Waals surface area contributed by atoms with Crippen LogP contribution in [-0.2, 0) is 0 Å². The van der Waals surface area contributed by atoms with Crippen molar-refractivity contribution in [3.63, 3.8) is 0 Å². The van der Waals surface area contributed by atoms with Gasteiger partial charge < -0.3 is 5.73 Å². The minimum atomic E-state index is -0.108. The van der Waals surface area contributed by atoms with E-state index in [2.05, 4.69) is 16.0 Å². The molecule has 0 aromatic carbocycles. The third-order valence-electron chi connectivity index (χ3n) is 2.20. The van der Waals surface area contributed by atoms with Gasteiger partial charge in [-0.2, -0.15) is 0 Å². The van der Waals surface area contributed by atoms with Gasteiger partial charge in [0.2, 0.25) is 0 Å². The van der Waals surface area contributed by atoms with Crippen molar-refractivity contribution in [2.75, 3.05) is 0 Å². The van der Waals surface area contributed by atoms with E-state index in [4.69, 9.17) is 5.73 Å². The zero-order chi connectivity index (χ0) is 10.8. The fourth-order valence-corrected chi connectivity index (χ4v) is 2.25. The highest BCUT2D eigenvalue weighted by Crippen LogP contribution is 2.24. The molecule has 2 aromatic heterocycles. The Balaban J connectivity index is 2.32. The number of pyridine rings is 1. The maximum absolute atomic E-state index is 6.13. The van der Waals surface area contributed by atoms with Gasteiger partial charge in [-0.05, 0) is 25.0 Å². The topological polar surface area (TPSA) is 51.8 Å². The predicted octanol–water partition coefficient (Wildman–Crippen LogP) is 2.20. The molecule has 1 unspecified atom stereocenters. The lowest BCUT2D eigenvalue weighted by molar-refractivity contribution is 0.877. The van der Waals surface area contributed by atoms with E-state index in [-0.39, 0.29) is 6.04 Å². The number of thiazole rings is 1. The first-order valence-electron chi connectivity index (χ1n) is 4.76. The van der Waals surface area contributed by atoms with Gasteiger partial charge >= 0.3 is 0 Å². The summed E-state index contributed by atoms with van der Waals surface area (Å²) in [5, 5.41) is 1.04. The van der Waals surface area contributed by atoms with Gasteiger partial charge in [0.25, 0.3) is 0 Å². The largest absolute Gasteiger partial charge is 0.320 e. The highest BCUT2D eigenvalue weighted by molar-refractivity contribution is 7.11. The number of hydrogen-bond acceptors (Lipinski definition) is 4. The molecular weight excluding hydrogens is 206 g/mol. The second-order valence-electron chi connectivity index (χ2n) is 3.55. The van der Waals surface area contributed by atoms with Gasteiger partial charge in [-0.3, -0.25) is 4.98 Å². The van der Waals surface area contributed by atoms with Crippen molar-refractivity contribution in [2.45, 2.75) is 19.9 Å². The second kappa shape index (κ2) is 4.08. The van der Waals surface area contributed by atoms with E-state index in [1.807, 2.05) is 32.4 Å². The molecule has 0 aliphatic heterocycles. The van der Waals surface area contributed by atoms with Crippen LogP contribution < -0.4 is 5.73 Å². The molecule has 0 radical (unpaired) electrons. The number of nitrogens with zero attached hydrogens (tertiary/aromatic N) is 2. The first kappa shape index (κ1) is 10.3. The monoisotopic (exact) mass is 219 g/mol. The molecule has 0 saturated carbocycles. The number of nitrogens with two attached hydrogens (primary N) is 1. The van der Waals surface area contributed by atoms with Crippen molar-refractivity contribution in [3.8, 4) is 0 Å². The molecular formula is C11H13N3S. The number of aryl methyl sites for hydroxylation is 2. The molecule has 15 heavy (non-hydrogen) atoms. The fourth-order valence-electron chi connectivity index (χ4n) is 1.43. The Morgan fingerprint density at radius 1 is 1.27 bits per heavy atom. The van der Waals surface area contributed by atoms with Crippen LogP contribution in [0.5, 0.6) is 0 Å². The van der Waals surface area contributed by atoms with Gasteiger partial charge in [-0.1, -0.05) is 6.07 Å². The van der Waals surface area contributed by atoms with E-state index in [9.17, 15) is 0 Å². The van der Waals surface area contributed by atoms with Crippen molar-refractivity contribution in [1.29, 1.82) is 0 Å². The molecule has 78 valence electrons. The van der Waals surface area contributed by atoms with Crippen molar-refractivity contribution >= 4 is 11.3 Å². The van der Waals surface area contributed by atoms with Gasteiger partial charge in [0.1, 0.15) is 0 Å². The van der Waals surface area contributed by atoms with E-state index >= 15 is 0 Å². The lowest BCUT2D eigenvalue weighted by Crippen LogP contribution is -2.10. The number of rotatable bonds is 2. The molecule has 0 amide bonds. The van der Waals surface area contributed by atoms with Crippen molar-refractivity contribution in [1.82, 2.24) is 9.97 Å². The van der Waals surface area contributed by atoms with Crippen molar-refractivity contribution in [2.24, 2.45) is 5.73 Å². The minimum absolute atomic E-state index is 0.108. The van der Waals surface area contributed by atoms with Crippen LogP contribution in [0, 0.1) is 13.8 Å². The molecule has 1 atom stereocenters. The Morgan fingerprint density at radius 3 is 2.67 bits per heavy atom. The van der Waals surface area contributed by atoms with E-state index < -0.39 is 0 Å². The molecule has 0 aliphatic rings. The summed E-state index contributed by atoms with van der Waals surface area (Å²) in [6, 6.07) is 1.95. The summed E-state index contributed by atoms with van der Waals surface area (Å²) < 4.78 is 0. The summed E-state index contributed by atoms with van der Waals surface area (Å²) in [6.45, 7) is 4.00. The van der Waals surface area contributed by atoms with Crippen LogP contribution in [0.4, 0.5) is 0 Å². The van der Waals surface area contributed by atoms with Crippen molar-refractivity contribution < 1.29 is 0 Å². The fraction of sp³-hybridized carbons (Fsp3) is 0.273. The maximum Gasteiger partial charge on any atom is 0.0897 e. The highest BCUT2D eigenvalue weighted by atomic mass is 32.1. The average molecular weight is 219 g/mol. The third-order valence-corrected chi connectivity index (χ3v) is 3.20. The second-order valence-corrected chi connectivity index (χ2v) is 4.82. The summed E-state index contributed by atoms with van der Waals surface area (Å²) in [5.41, 5.74) is 8.30. The van der Waals surface area contributed by atoms with Gasteiger partial charge in [0, 0.05) is 23.5 Å². The Hall–Kier alpha value is -1.26. The SMILES string of the molecule is Cc1cncc(C(N)c2cnc(C)s2)c1. The van der Waals surface area contributed by atoms with Gasteiger partial charge in [0.05, 0.1) is 11.0 Å². The lowest BCUT2D eigenvalue weighted by Gasteiger charge is -2.09. The van der Waals surface area contributed by atoms with Crippen LogP contribution in [0.3, 0.4) is 0 Å². The van der Waals surface area contributed by atoms with Crippen LogP contribution in [0.15, 0.2) is 24.7 Å². The van der Waals surface area contributed by atoms with Crippen LogP contribution >= 0.6 is 11.3 Å². The summed E-state index contributed by atoms with van der Waals surface area (Å²) in [4.78, 5) is 9.43. The van der Waals surface area contributed by atoms with E-state index in [1.54, 1.807) is 11.3 Å². The summed E-state index contributed by atoms with van der Waals surface area (Å²) in [7, 11) is 0. The standard InChI is InChI=1S/C11H13N3S/c1-7-3-9(5-13-4-7)11(12)10-6-14-8(2)15-10/h3-6,11H,12H2,1-2H3. The van der Waals surface area contributed by atoms with E-state index in [1.165, 1.54) is 0 Å². The quantitative estimate of drug-likeness (QED) is 0.842. The normalized spacial score (nSPS) is 12.7. The molecule has 4 heteroatoms. The molecule has 2 aromatic rings. The molecule has 2 rings (SSSR count). The third kappa shape index (κ3) is 2.22. The first-order valence-corrected chi connectivity index (χ1v) is 5.58. The molecule has 0 fully saturated rings. The zero-order valence-corrected chi connectivity index (χ0v) is 9.58. The van der Waals surface area contributed by atoms with Crippen molar-refractivity contribution in [3.05, 3.63) is 45.7 Å². The molecule has 0 bridgehead atoms. The van der Waals surface area contributed by atoms with E-state index in [0.717, 1.165) is 21.0 Å².